The summed E-state index contributed by atoms with van der Waals surface area (Å²) in [7, 11) is 1.64. The zero-order valence-corrected chi connectivity index (χ0v) is 17.7. The van der Waals surface area contributed by atoms with Gasteiger partial charge in [0.05, 0.1) is 43.2 Å². The molecular formula is C23H29N3O5. The smallest absolute Gasteiger partial charge is 0.269 e. The van der Waals surface area contributed by atoms with Gasteiger partial charge < -0.3 is 25.1 Å². The zero-order valence-electron chi connectivity index (χ0n) is 17.7. The number of non-ortho nitro benzene ring substituents is 1. The molecule has 2 aromatic rings. The van der Waals surface area contributed by atoms with Crippen molar-refractivity contribution in [3.63, 3.8) is 0 Å². The van der Waals surface area contributed by atoms with Gasteiger partial charge in [-0.25, -0.2) is 0 Å². The van der Waals surface area contributed by atoms with Gasteiger partial charge in [-0.15, -0.1) is 0 Å². The number of hydroxylamine groups is 2. The second-order valence-corrected chi connectivity index (χ2v) is 8.40. The van der Waals surface area contributed by atoms with Crippen molar-refractivity contribution in [1.82, 2.24) is 5.32 Å². The Morgan fingerprint density at radius 2 is 1.84 bits per heavy atom. The summed E-state index contributed by atoms with van der Waals surface area (Å²) in [6, 6.07) is 12.5. The Morgan fingerprint density at radius 1 is 1.10 bits per heavy atom. The Hall–Kier alpha value is -2.68. The standard InChI is InChI=1S/C23H29N3O5/c1-30-22-11-8-17(12-23(22)31-19-4-2-3-5-19)20-14-25(27)15-21(20)24-13-16-6-9-18(10-7-16)26(28)29/h6-12,19-21,24-25H,2-5,13-15H2,1H3. The van der Waals surface area contributed by atoms with E-state index in [-0.39, 0.29) is 28.8 Å². The Morgan fingerprint density at radius 3 is 2.52 bits per heavy atom. The Bertz CT molecular complexity index is 899. The topological polar surface area (TPSA) is 101 Å². The number of quaternary nitrogens is 1. The van der Waals surface area contributed by atoms with Crippen molar-refractivity contribution in [2.75, 3.05) is 20.2 Å². The molecule has 3 unspecified atom stereocenters. The second kappa shape index (κ2) is 9.64. The molecule has 0 spiro atoms. The fourth-order valence-electron chi connectivity index (χ4n) is 4.61. The minimum Gasteiger partial charge on any atom is -0.634 e. The van der Waals surface area contributed by atoms with Crippen molar-refractivity contribution >= 4 is 5.69 Å². The highest BCUT2D eigenvalue weighted by Gasteiger charge is 2.34. The van der Waals surface area contributed by atoms with Crippen LogP contribution in [0.5, 0.6) is 11.5 Å². The fraction of sp³-hybridized carbons (Fsp3) is 0.478. The first kappa shape index (κ1) is 21.5. The first-order valence-corrected chi connectivity index (χ1v) is 10.9. The third-order valence-corrected chi connectivity index (χ3v) is 6.31. The molecule has 0 bridgehead atoms. The molecule has 8 nitrogen and oxygen atoms in total. The van der Waals surface area contributed by atoms with Crippen molar-refractivity contribution in [2.24, 2.45) is 0 Å². The quantitative estimate of drug-likeness (QED) is 0.381. The van der Waals surface area contributed by atoms with Crippen LogP contribution >= 0.6 is 0 Å². The summed E-state index contributed by atoms with van der Waals surface area (Å²) in [6.45, 7) is 1.52. The molecule has 1 aliphatic heterocycles. The molecule has 2 N–H and O–H groups in total. The molecule has 0 amide bonds. The highest BCUT2D eigenvalue weighted by atomic mass is 16.6. The number of rotatable bonds is 8. The van der Waals surface area contributed by atoms with Crippen molar-refractivity contribution < 1.29 is 19.5 Å². The van der Waals surface area contributed by atoms with Gasteiger partial charge >= 0.3 is 0 Å². The summed E-state index contributed by atoms with van der Waals surface area (Å²) in [6.07, 6.45) is 4.74. The molecule has 0 radical (unpaired) electrons. The molecule has 1 aliphatic carbocycles. The molecule has 1 saturated heterocycles. The SMILES string of the molecule is COc1ccc(C2C[NH+]([O-])CC2NCc2ccc([N+](=O)[O-])cc2)cc1OC1CCCC1. The summed E-state index contributed by atoms with van der Waals surface area (Å²) in [4.78, 5) is 10.4. The largest absolute Gasteiger partial charge is 0.634 e. The van der Waals surface area contributed by atoms with Crippen molar-refractivity contribution in [3.05, 3.63) is 68.9 Å². The molecular weight excluding hydrogens is 398 g/mol. The average molecular weight is 428 g/mol. The summed E-state index contributed by atoms with van der Waals surface area (Å²) in [5.74, 6) is 1.53. The molecule has 3 atom stereocenters. The number of nitro groups is 1. The number of nitrogens with one attached hydrogen (secondary N) is 2. The van der Waals surface area contributed by atoms with Crippen LogP contribution in [-0.2, 0) is 6.54 Å². The molecule has 2 aliphatic rings. The number of ether oxygens (including phenoxy) is 2. The lowest BCUT2D eigenvalue weighted by molar-refractivity contribution is -0.835. The lowest BCUT2D eigenvalue weighted by Crippen LogP contribution is -3.05. The number of hydrogen-bond donors (Lipinski definition) is 2. The van der Waals surface area contributed by atoms with E-state index in [0.29, 0.717) is 19.6 Å². The molecule has 2 aromatic carbocycles. The van der Waals surface area contributed by atoms with Crippen LogP contribution in [0.4, 0.5) is 5.69 Å². The van der Waals surface area contributed by atoms with E-state index in [1.807, 2.05) is 18.2 Å². The highest BCUT2D eigenvalue weighted by Crippen LogP contribution is 2.35. The molecule has 166 valence electrons. The van der Waals surface area contributed by atoms with Crippen molar-refractivity contribution in [2.45, 2.75) is 50.3 Å². The van der Waals surface area contributed by atoms with Crippen LogP contribution < -0.4 is 19.9 Å². The molecule has 31 heavy (non-hydrogen) atoms. The van der Waals surface area contributed by atoms with Gasteiger partial charge in [-0.05, 0) is 48.9 Å². The van der Waals surface area contributed by atoms with Crippen LogP contribution in [-0.4, -0.2) is 37.3 Å². The summed E-state index contributed by atoms with van der Waals surface area (Å²) in [5, 5.41) is 26.8. The molecule has 1 saturated carbocycles. The fourth-order valence-corrected chi connectivity index (χ4v) is 4.61. The first-order chi connectivity index (χ1) is 15.0. The Labute approximate surface area is 181 Å². The monoisotopic (exact) mass is 427 g/mol. The third-order valence-electron chi connectivity index (χ3n) is 6.31. The minimum atomic E-state index is -0.405. The maximum absolute atomic E-state index is 12.3. The normalized spacial score (nSPS) is 23.7. The minimum absolute atomic E-state index is 0.00965. The van der Waals surface area contributed by atoms with E-state index in [9.17, 15) is 15.3 Å². The van der Waals surface area contributed by atoms with Crippen molar-refractivity contribution in [3.8, 4) is 11.5 Å². The third kappa shape index (κ3) is 5.15. The van der Waals surface area contributed by atoms with Gasteiger partial charge in [0.1, 0.15) is 0 Å². The van der Waals surface area contributed by atoms with Crippen LogP contribution in [0.15, 0.2) is 42.5 Å². The van der Waals surface area contributed by atoms with Crippen LogP contribution in [0, 0.1) is 15.3 Å². The second-order valence-electron chi connectivity index (χ2n) is 8.40. The number of nitro benzene ring substituents is 1. The maximum Gasteiger partial charge on any atom is 0.269 e. The molecule has 4 rings (SSSR count). The van der Waals surface area contributed by atoms with Gasteiger partial charge in [-0.3, -0.25) is 10.1 Å². The number of benzene rings is 2. The lowest BCUT2D eigenvalue weighted by atomic mass is 9.93. The molecule has 1 heterocycles. The van der Waals surface area contributed by atoms with E-state index in [1.165, 1.54) is 25.0 Å². The van der Waals surface area contributed by atoms with Crippen LogP contribution in [0.25, 0.3) is 0 Å². The first-order valence-electron chi connectivity index (χ1n) is 10.9. The van der Waals surface area contributed by atoms with E-state index >= 15 is 0 Å². The molecule has 0 aromatic heterocycles. The Balaban J connectivity index is 1.47. The van der Waals surface area contributed by atoms with E-state index in [4.69, 9.17) is 9.47 Å². The predicted octanol–water partition coefficient (Wildman–Crippen LogP) is 2.56. The summed E-state index contributed by atoms with van der Waals surface area (Å²) >= 11 is 0. The van der Waals surface area contributed by atoms with Gasteiger partial charge in [0.25, 0.3) is 5.69 Å². The van der Waals surface area contributed by atoms with E-state index in [2.05, 4.69) is 5.32 Å². The van der Waals surface area contributed by atoms with Crippen molar-refractivity contribution in [1.29, 1.82) is 0 Å². The van der Waals surface area contributed by atoms with Gasteiger partial charge in [-0.2, -0.15) is 0 Å². The van der Waals surface area contributed by atoms with Crippen LogP contribution in [0.1, 0.15) is 42.7 Å². The summed E-state index contributed by atoms with van der Waals surface area (Å²) in [5.41, 5.74) is 2.09. The maximum atomic E-state index is 12.3. The molecule has 8 heteroatoms. The van der Waals surface area contributed by atoms with E-state index < -0.39 is 4.92 Å². The van der Waals surface area contributed by atoms with Crippen LogP contribution in [0.3, 0.4) is 0 Å². The average Bonchev–Trinajstić information content (AvgIpc) is 3.42. The number of hydrogen-bond acceptors (Lipinski definition) is 6. The molecule has 2 fully saturated rings. The predicted molar refractivity (Wildman–Crippen MR) is 116 cm³/mol. The Kier molecular flexibility index (Phi) is 6.70. The van der Waals surface area contributed by atoms with E-state index in [0.717, 1.165) is 35.5 Å². The van der Waals surface area contributed by atoms with E-state index in [1.54, 1.807) is 19.2 Å². The van der Waals surface area contributed by atoms with Crippen LogP contribution in [0.2, 0.25) is 0 Å². The van der Waals surface area contributed by atoms with Gasteiger partial charge in [0.2, 0.25) is 0 Å². The van der Waals surface area contributed by atoms with Gasteiger partial charge in [-0.1, -0.05) is 18.2 Å². The van der Waals surface area contributed by atoms with Gasteiger partial charge in [0.15, 0.2) is 11.5 Å². The summed E-state index contributed by atoms with van der Waals surface area (Å²) < 4.78 is 11.7. The number of methoxy groups -OCH3 is 1. The number of nitrogens with zero attached hydrogens (tertiary/aromatic N) is 1. The zero-order chi connectivity index (χ0) is 21.8. The highest BCUT2D eigenvalue weighted by molar-refractivity contribution is 5.45. The lowest BCUT2D eigenvalue weighted by Gasteiger charge is -2.21. The van der Waals surface area contributed by atoms with Gasteiger partial charge in [0, 0.05) is 18.7 Å².